The molecule has 1 atom stereocenters. The van der Waals surface area contributed by atoms with Crippen LogP contribution in [0.5, 0.6) is 11.5 Å². The van der Waals surface area contributed by atoms with Gasteiger partial charge in [0.15, 0.2) is 10.9 Å². The van der Waals surface area contributed by atoms with Crippen LogP contribution in [-0.2, 0) is 9.53 Å². The van der Waals surface area contributed by atoms with Crippen molar-refractivity contribution in [2.75, 3.05) is 18.6 Å². The Balaban J connectivity index is 2.21. The van der Waals surface area contributed by atoms with Gasteiger partial charge in [-0.2, -0.15) is 0 Å². The van der Waals surface area contributed by atoms with Crippen molar-refractivity contribution in [2.24, 2.45) is 0 Å². The Morgan fingerprint density at radius 3 is 2.56 bits per heavy atom. The second-order valence-electron chi connectivity index (χ2n) is 6.76. The Hall–Kier alpha value is -3.37. The highest BCUT2D eigenvalue weighted by atomic mass is 35.5. The third-order valence-corrected chi connectivity index (χ3v) is 5.44. The summed E-state index contributed by atoms with van der Waals surface area (Å²) in [6, 6.07) is 8.58. The molecule has 1 unspecified atom stereocenters. The van der Waals surface area contributed by atoms with E-state index >= 15 is 0 Å². The first-order valence-electron chi connectivity index (χ1n) is 9.48. The smallest absolute Gasteiger partial charge is 0.338 e. The summed E-state index contributed by atoms with van der Waals surface area (Å²) in [4.78, 5) is 25.3. The lowest BCUT2D eigenvalue weighted by molar-refractivity contribution is -0.386. The molecule has 0 bridgehead atoms. The van der Waals surface area contributed by atoms with Crippen LogP contribution in [0.2, 0.25) is 5.02 Å². The van der Waals surface area contributed by atoms with Gasteiger partial charge in [-0.3, -0.25) is 15.0 Å². The monoisotopic (exact) mass is 477 g/mol. The number of aromatic hydroxyl groups is 1. The van der Waals surface area contributed by atoms with Crippen molar-refractivity contribution < 1.29 is 24.3 Å². The number of hydrogen-bond acceptors (Lipinski definition) is 7. The summed E-state index contributed by atoms with van der Waals surface area (Å²) in [5.74, 6) is -1.33. The minimum Gasteiger partial charge on any atom is -0.500 e. The molecule has 168 valence electrons. The second kappa shape index (κ2) is 9.41. The number of thiocarbonyl (C=S) groups is 1. The van der Waals surface area contributed by atoms with Gasteiger partial charge in [0.25, 0.3) is 0 Å². The fraction of sp³-hybridized carbons (Fsp3) is 0.238. The number of hydrogen-bond donors (Lipinski definition) is 2. The molecule has 1 heterocycles. The second-order valence-corrected chi connectivity index (χ2v) is 7.59. The number of allylic oxidation sites excluding steroid dienone is 1. The van der Waals surface area contributed by atoms with Crippen LogP contribution in [0.4, 0.5) is 11.4 Å². The first-order chi connectivity index (χ1) is 15.2. The van der Waals surface area contributed by atoms with Gasteiger partial charge in [0.05, 0.1) is 30.3 Å². The van der Waals surface area contributed by atoms with Gasteiger partial charge < -0.3 is 19.9 Å². The van der Waals surface area contributed by atoms with Crippen molar-refractivity contribution in [3.63, 3.8) is 0 Å². The van der Waals surface area contributed by atoms with Gasteiger partial charge in [0.1, 0.15) is 0 Å². The van der Waals surface area contributed by atoms with Crippen LogP contribution in [-0.4, -0.2) is 34.8 Å². The fourth-order valence-electron chi connectivity index (χ4n) is 3.44. The maximum absolute atomic E-state index is 12.9. The maximum atomic E-state index is 12.9. The molecule has 0 aliphatic carbocycles. The first kappa shape index (κ1) is 23.3. The lowest BCUT2D eigenvalue weighted by Gasteiger charge is -2.37. The SMILES string of the molecule is CCOC(=O)C1=C(C)N(c2ccc(Cl)cc2)C(=S)NC1c1cc(OC)c(O)c([N+](=O)[O-])c1. The molecule has 0 spiro atoms. The summed E-state index contributed by atoms with van der Waals surface area (Å²) in [5.41, 5.74) is 1.09. The van der Waals surface area contributed by atoms with Gasteiger partial charge in [-0.15, -0.1) is 0 Å². The molecule has 9 nitrogen and oxygen atoms in total. The number of methoxy groups -OCH3 is 1. The number of nitrogens with one attached hydrogen (secondary N) is 1. The number of ether oxygens (including phenoxy) is 2. The van der Waals surface area contributed by atoms with Gasteiger partial charge >= 0.3 is 11.7 Å². The standard InChI is InChI=1S/C21H20ClN3O6S/c1-4-31-20(27)17-11(2)24(14-7-5-13(22)6-8-14)21(32)23-18(17)12-9-15(25(28)29)19(26)16(10-12)30-3/h5-10,18,26H,4H2,1-3H3,(H,23,32). The molecule has 0 saturated heterocycles. The van der Waals surface area contributed by atoms with Crippen LogP contribution in [0, 0.1) is 10.1 Å². The third-order valence-electron chi connectivity index (χ3n) is 4.89. The van der Waals surface area contributed by atoms with Crippen molar-refractivity contribution in [2.45, 2.75) is 19.9 Å². The van der Waals surface area contributed by atoms with Crippen LogP contribution < -0.4 is 15.0 Å². The van der Waals surface area contributed by atoms with Crippen molar-refractivity contribution >= 4 is 46.3 Å². The number of esters is 1. The van der Waals surface area contributed by atoms with Gasteiger partial charge in [0.2, 0.25) is 5.75 Å². The summed E-state index contributed by atoms with van der Waals surface area (Å²) < 4.78 is 10.4. The van der Waals surface area contributed by atoms with E-state index in [1.54, 1.807) is 43.0 Å². The zero-order chi connectivity index (χ0) is 23.6. The van der Waals surface area contributed by atoms with Gasteiger partial charge in [-0.05, 0) is 62.0 Å². The van der Waals surface area contributed by atoms with E-state index in [0.29, 0.717) is 22.0 Å². The molecule has 0 amide bonds. The minimum absolute atomic E-state index is 0.108. The molecule has 0 saturated carbocycles. The molecule has 2 aromatic rings. The molecule has 0 radical (unpaired) electrons. The number of anilines is 1. The highest BCUT2D eigenvalue weighted by molar-refractivity contribution is 7.80. The Bertz CT molecular complexity index is 1120. The largest absolute Gasteiger partial charge is 0.500 e. The van der Waals surface area contributed by atoms with Gasteiger partial charge in [-0.1, -0.05) is 11.6 Å². The maximum Gasteiger partial charge on any atom is 0.338 e. The van der Waals surface area contributed by atoms with E-state index in [1.165, 1.54) is 19.2 Å². The van der Waals surface area contributed by atoms with E-state index in [-0.39, 0.29) is 23.0 Å². The molecule has 3 rings (SSSR count). The molecule has 2 N–H and O–H groups in total. The Morgan fingerprint density at radius 2 is 2.00 bits per heavy atom. The highest BCUT2D eigenvalue weighted by Crippen LogP contribution is 2.42. The Morgan fingerprint density at radius 1 is 1.34 bits per heavy atom. The number of nitro benzene ring substituents is 1. The molecule has 1 aliphatic heterocycles. The molecular weight excluding hydrogens is 458 g/mol. The number of carbonyl (C=O) groups excluding carboxylic acids is 1. The van der Waals surface area contributed by atoms with Crippen molar-refractivity contribution in [3.8, 4) is 11.5 Å². The van der Waals surface area contributed by atoms with Crippen LogP contribution in [0.25, 0.3) is 0 Å². The third kappa shape index (κ3) is 4.32. The number of phenolic OH excluding ortho intramolecular Hbond substituents is 1. The highest BCUT2D eigenvalue weighted by Gasteiger charge is 2.37. The quantitative estimate of drug-likeness (QED) is 0.273. The average Bonchev–Trinajstić information content (AvgIpc) is 2.74. The molecule has 2 aromatic carbocycles. The topological polar surface area (TPSA) is 114 Å². The molecule has 32 heavy (non-hydrogen) atoms. The first-order valence-corrected chi connectivity index (χ1v) is 10.3. The zero-order valence-corrected chi connectivity index (χ0v) is 19.0. The van der Waals surface area contributed by atoms with E-state index in [2.05, 4.69) is 5.32 Å². The van der Waals surface area contributed by atoms with Gasteiger partial charge in [0, 0.05) is 22.5 Å². The predicted molar refractivity (Wildman–Crippen MR) is 123 cm³/mol. The Labute approximate surface area is 194 Å². The zero-order valence-electron chi connectivity index (χ0n) is 17.4. The summed E-state index contributed by atoms with van der Waals surface area (Å²) in [5, 5.41) is 25.4. The number of carbonyl (C=O) groups is 1. The van der Waals surface area contributed by atoms with Gasteiger partial charge in [-0.25, -0.2) is 4.79 Å². The van der Waals surface area contributed by atoms with E-state index < -0.39 is 28.4 Å². The molecule has 1 aliphatic rings. The number of rotatable bonds is 6. The van der Waals surface area contributed by atoms with E-state index in [4.69, 9.17) is 33.3 Å². The van der Waals surface area contributed by atoms with E-state index in [0.717, 1.165) is 0 Å². The number of phenols is 1. The Kier molecular flexibility index (Phi) is 6.85. The molecule has 11 heteroatoms. The number of halogens is 1. The summed E-state index contributed by atoms with van der Waals surface area (Å²) in [6.45, 7) is 3.51. The normalized spacial score (nSPS) is 15.9. The van der Waals surface area contributed by atoms with Crippen LogP contribution in [0.15, 0.2) is 47.7 Å². The predicted octanol–water partition coefficient (Wildman–Crippen LogP) is 4.24. The summed E-state index contributed by atoms with van der Waals surface area (Å²) in [6.07, 6.45) is 0. The van der Waals surface area contributed by atoms with Crippen LogP contribution >= 0.6 is 23.8 Å². The number of nitrogens with zero attached hydrogens (tertiary/aromatic N) is 2. The summed E-state index contributed by atoms with van der Waals surface area (Å²) in [7, 11) is 1.27. The number of benzene rings is 2. The fourth-order valence-corrected chi connectivity index (χ4v) is 3.93. The van der Waals surface area contributed by atoms with Crippen LogP contribution in [0.3, 0.4) is 0 Å². The van der Waals surface area contributed by atoms with Crippen LogP contribution in [0.1, 0.15) is 25.5 Å². The lowest BCUT2D eigenvalue weighted by atomic mass is 9.94. The lowest BCUT2D eigenvalue weighted by Crippen LogP contribution is -2.48. The van der Waals surface area contributed by atoms with Crippen molar-refractivity contribution in [3.05, 3.63) is 68.4 Å². The number of nitro groups is 1. The van der Waals surface area contributed by atoms with Crippen molar-refractivity contribution in [1.29, 1.82) is 0 Å². The minimum atomic E-state index is -0.877. The molecular formula is C21H20ClN3O6S. The average molecular weight is 478 g/mol. The van der Waals surface area contributed by atoms with E-state index in [1.807, 2.05) is 0 Å². The van der Waals surface area contributed by atoms with Crippen molar-refractivity contribution in [1.82, 2.24) is 5.32 Å². The molecule has 0 aromatic heterocycles. The molecule has 0 fully saturated rings. The summed E-state index contributed by atoms with van der Waals surface area (Å²) >= 11 is 11.5. The van der Waals surface area contributed by atoms with E-state index in [9.17, 15) is 20.0 Å².